The number of aromatic nitrogens is 2. The van der Waals surface area contributed by atoms with Crippen LogP contribution in [0.5, 0.6) is 0 Å². The standard InChI is InChI=1S/C17H24N4OS2/c1-12-8-14-16(18-11-19-17(14)24-12)23-10-15(22)21-7-5-4-6-13(9-21)20(2)3/h8,11,13H,4-7,9-10H2,1-3H3. The molecule has 2 aromatic heterocycles. The normalized spacial score (nSPS) is 19.0. The van der Waals surface area contributed by atoms with E-state index in [4.69, 9.17) is 0 Å². The Morgan fingerprint density at radius 2 is 2.25 bits per heavy atom. The van der Waals surface area contributed by atoms with Gasteiger partial charge in [0.1, 0.15) is 16.2 Å². The van der Waals surface area contributed by atoms with Crippen molar-refractivity contribution in [3.05, 3.63) is 17.3 Å². The van der Waals surface area contributed by atoms with Crippen LogP contribution in [0.2, 0.25) is 0 Å². The second-order valence-electron chi connectivity index (χ2n) is 6.50. The zero-order chi connectivity index (χ0) is 17.1. The van der Waals surface area contributed by atoms with Crippen LogP contribution in [0.25, 0.3) is 10.2 Å². The summed E-state index contributed by atoms with van der Waals surface area (Å²) < 4.78 is 0. The van der Waals surface area contributed by atoms with Crippen LogP contribution in [-0.4, -0.2) is 64.7 Å². The van der Waals surface area contributed by atoms with Gasteiger partial charge in [-0.2, -0.15) is 0 Å². The van der Waals surface area contributed by atoms with E-state index in [1.165, 1.54) is 29.5 Å². The van der Waals surface area contributed by atoms with Crippen molar-refractivity contribution in [1.82, 2.24) is 19.8 Å². The molecular weight excluding hydrogens is 340 g/mol. The number of rotatable bonds is 4. The summed E-state index contributed by atoms with van der Waals surface area (Å²) in [6, 6.07) is 2.58. The van der Waals surface area contributed by atoms with Gasteiger partial charge in [-0.25, -0.2) is 9.97 Å². The lowest BCUT2D eigenvalue weighted by Gasteiger charge is -2.28. The Morgan fingerprint density at radius 1 is 1.42 bits per heavy atom. The quantitative estimate of drug-likeness (QED) is 0.616. The molecule has 1 atom stereocenters. The average Bonchev–Trinajstić information content (AvgIpc) is 2.78. The summed E-state index contributed by atoms with van der Waals surface area (Å²) in [5.41, 5.74) is 0. The van der Waals surface area contributed by atoms with Crippen LogP contribution < -0.4 is 0 Å². The number of likely N-dealkylation sites (tertiary alicyclic amines) is 1. The van der Waals surface area contributed by atoms with Gasteiger partial charge in [0, 0.05) is 29.4 Å². The van der Waals surface area contributed by atoms with Gasteiger partial charge in [-0.05, 0) is 39.9 Å². The predicted octanol–water partition coefficient (Wildman–Crippen LogP) is 3.03. The number of nitrogens with zero attached hydrogens (tertiary/aromatic N) is 4. The summed E-state index contributed by atoms with van der Waals surface area (Å²) in [6.45, 7) is 3.79. The fourth-order valence-electron chi connectivity index (χ4n) is 3.06. The number of hydrogen-bond donors (Lipinski definition) is 0. The van der Waals surface area contributed by atoms with E-state index < -0.39 is 0 Å². The molecule has 1 aliphatic rings. The molecule has 0 aromatic carbocycles. The summed E-state index contributed by atoms with van der Waals surface area (Å²) in [4.78, 5) is 27.9. The Bertz CT molecular complexity index is 716. The van der Waals surface area contributed by atoms with Crippen LogP contribution in [0.3, 0.4) is 0 Å². The minimum Gasteiger partial charge on any atom is -0.340 e. The molecular formula is C17H24N4OS2. The van der Waals surface area contributed by atoms with Crippen molar-refractivity contribution in [2.45, 2.75) is 37.3 Å². The summed E-state index contributed by atoms with van der Waals surface area (Å²) >= 11 is 3.20. The first-order chi connectivity index (χ1) is 11.5. The third-order valence-corrected chi connectivity index (χ3v) is 6.43. The van der Waals surface area contributed by atoms with Gasteiger partial charge in [-0.15, -0.1) is 11.3 Å². The first kappa shape index (κ1) is 17.6. The molecule has 0 radical (unpaired) electrons. The average molecular weight is 365 g/mol. The lowest BCUT2D eigenvalue weighted by Crippen LogP contribution is -2.42. The Morgan fingerprint density at radius 3 is 3.04 bits per heavy atom. The number of thioether (sulfide) groups is 1. The fraction of sp³-hybridized carbons (Fsp3) is 0.588. The lowest BCUT2D eigenvalue weighted by molar-refractivity contribution is -0.128. The van der Waals surface area contributed by atoms with Crippen molar-refractivity contribution in [2.24, 2.45) is 0 Å². The van der Waals surface area contributed by atoms with E-state index in [2.05, 4.69) is 42.0 Å². The van der Waals surface area contributed by atoms with E-state index in [0.29, 0.717) is 11.8 Å². The molecule has 24 heavy (non-hydrogen) atoms. The smallest absolute Gasteiger partial charge is 0.233 e. The first-order valence-electron chi connectivity index (χ1n) is 8.32. The van der Waals surface area contributed by atoms with E-state index in [1.807, 2.05) is 4.90 Å². The number of amides is 1. The van der Waals surface area contributed by atoms with Gasteiger partial charge in [-0.3, -0.25) is 4.79 Å². The second kappa shape index (κ2) is 7.80. The molecule has 1 amide bonds. The zero-order valence-electron chi connectivity index (χ0n) is 14.5. The van der Waals surface area contributed by atoms with Gasteiger partial charge in [0.2, 0.25) is 5.91 Å². The number of likely N-dealkylation sites (N-methyl/N-ethyl adjacent to an activating group) is 1. The SMILES string of the molecule is Cc1cc2c(SCC(=O)N3CCCCC(N(C)C)C3)ncnc2s1. The van der Waals surface area contributed by atoms with E-state index >= 15 is 0 Å². The molecule has 0 bridgehead atoms. The molecule has 1 unspecified atom stereocenters. The molecule has 0 aliphatic carbocycles. The Kier molecular flexibility index (Phi) is 5.73. The Labute approximate surface area is 151 Å². The highest BCUT2D eigenvalue weighted by atomic mass is 32.2. The van der Waals surface area contributed by atoms with Gasteiger partial charge in [0.05, 0.1) is 5.75 Å². The van der Waals surface area contributed by atoms with Crippen molar-refractivity contribution in [1.29, 1.82) is 0 Å². The molecule has 3 rings (SSSR count). The van der Waals surface area contributed by atoms with Crippen LogP contribution in [0.4, 0.5) is 0 Å². The van der Waals surface area contributed by atoms with Gasteiger partial charge < -0.3 is 9.80 Å². The van der Waals surface area contributed by atoms with Gasteiger partial charge in [-0.1, -0.05) is 18.2 Å². The minimum atomic E-state index is 0.215. The monoisotopic (exact) mass is 364 g/mol. The van der Waals surface area contributed by atoms with E-state index in [9.17, 15) is 4.79 Å². The Hall–Kier alpha value is -1.18. The minimum absolute atomic E-state index is 0.215. The topological polar surface area (TPSA) is 49.3 Å². The zero-order valence-corrected chi connectivity index (χ0v) is 16.1. The van der Waals surface area contributed by atoms with E-state index in [1.54, 1.807) is 17.7 Å². The summed E-state index contributed by atoms with van der Waals surface area (Å²) in [6.07, 6.45) is 5.06. The maximum atomic E-state index is 12.7. The molecule has 0 N–H and O–H groups in total. The third-order valence-electron chi connectivity index (χ3n) is 4.48. The fourth-order valence-corrected chi connectivity index (χ4v) is 4.85. The molecule has 1 aliphatic heterocycles. The summed E-state index contributed by atoms with van der Waals surface area (Å²) in [5.74, 6) is 0.661. The highest BCUT2D eigenvalue weighted by molar-refractivity contribution is 8.00. The van der Waals surface area contributed by atoms with Crippen molar-refractivity contribution < 1.29 is 4.79 Å². The first-order valence-corrected chi connectivity index (χ1v) is 10.1. The van der Waals surface area contributed by atoms with Gasteiger partial charge in [0.25, 0.3) is 0 Å². The molecule has 0 spiro atoms. The highest BCUT2D eigenvalue weighted by Gasteiger charge is 2.23. The third kappa shape index (κ3) is 4.07. The lowest BCUT2D eigenvalue weighted by atomic mass is 10.1. The molecule has 1 fully saturated rings. The van der Waals surface area contributed by atoms with Crippen molar-refractivity contribution in [2.75, 3.05) is 32.9 Å². The number of hydrogen-bond acceptors (Lipinski definition) is 6. The Balaban J connectivity index is 1.65. The number of aryl methyl sites for hydroxylation is 1. The molecule has 1 saturated heterocycles. The predicted molar refractivity (Wildman–Crippen MR) is 101 cm³/mol. The van der Waals surface area contributed by atoms with Crippen molar-refractivity contribution in [3.8, 4) is 0 Å². The van der Waals surface area contributed by atoms with Crippen LogP contribution in [-0.2, 0) is 4.79 Å². The largest absolute Gasteiger partial charge is 0.340 e. The van der Waals surface area contributed by atoms with Crippen LogP contribution in [0.15, 0.2) is 17.4 Å². The maximum absolute atomic E-state index is 12.7. The van der Waals surface area contributed by atoms with Crippen molar-refractivity contribution >= 4 is 39.2 Å². The van der Waals surface area contributed by atoms with Crippen LogP contribution in [0, 0.1) is 6.92 Å². The van der Waals surface area contributed by atoms with Crippen LogP contribution >= 0.6 is 23.1 Å². The van der Waals surface area contributed by atoms with Gasteiger partial charge in [0.15, 0.2) is 0 Å². The van der Waals surface area contributed by atoms with Crippen LogP contribution in [0.1, 0.15) is 24.1 Å². The summed E-state index contributed by atoms with van der Waals surface area (Å²) in [7, 11) is 4.20. The number of carbonyl (C=O) groups excluding carboxylic acids is 1. The summed E-state index contributed by atoms with van der Waals surface area (Å²) in [5, 5.41) is 1.98. The van der Waals surface area contributed by atoms with E-state index in [0.717, 1.165) is 34.8 Å². The maximum Gasteiger partial charge on any atom is 0.233 e. The number of thiophene rings is 1. The molecule has 130 valence electrons. The molecule has 3 heterocycles. The number of fused-ring (bicyclic) bond motifs is 1. The number of carbonyl (C=O) groups is 1. The van der Waals surface area contributed by atoms with E-state index in [-0.39, 0.29) is 5.91 Å². The molecule has 2 aromatic rings. The highest BCUT2D eigenvalue weighted by Crippen LogP contribution is 2.30. The molecule has 5 nitrogen and oxygen atoms in total. The second-order valence-corrected chi connectivity index (χ2v) is 8.70. The molecule has 0 saturated carbocycles. The van der Waals surface area contributed by atoms with Crippen molar-refractivity contribution in [3.63, 3.8) is 0 Å². The van der Waals surface area contributed by atoms with Gasteiger partial charge >= 0.3 is 0 Å². The molecule has 7 heteroatoms.